The van der Waals surface area contributed by atoms with Crippen LogP contribution in [-0.4, -0.2) is 45.8 Å². The number of aromatic amines is 1. The molecule has 0 atom stereocenters. The van der Waals surface area contributed by atoms with Gasteiger partial charge in [0.1, 0.15) is 11.3 Å². The van der Waals surface area contributed by atoms with Crippen molar-refractivity contribution in [1.82, 2.24) is 25.3 Å². The molecule has 0 spiro atoms. The van der Waals surface area contributed by atoms with Crippen LogP contribution in [0.25, 0.3) is 21.3 Å². The number of thiazole rings is 1. The molecule has 0 radical (unpaired) electrons. The number of para-hydroxylation sites is 2. The Kier molecular flexibility index (Phi) is 7.89. The molecule has 0 amide bonds. The number of pyridine rings is 1. The zero-order valence-electron chi connectivity index (χ0n) is 18.4. The fourth-order valence-electron chi connectivity index (χ4n) is 3.27. The van der Waals surface area contributed by atoms with Crippen LogP contribution in [0.2, 0.25) is 0 Å². The SMILES string of the molecule is C\C(F)=C/C=C\N=C\CNc1nccc2sc(CCNCCc3nc4ccccc4[nH]3)nc12. The van der Waals surface area contributed by atoms with Crippen molar-refractivity contribution in [2.24, 2.45) is 4.99 Å². The molecule has 3 heterocycles. The summed E-state index contributed by atoms with van der Waals surface area (Å²) in [6.07, 6.45) is 9.65. The molecule has 0 saturated carbocycles. The molecule has 0 bridgehead atoms. The monoisotopic (exact) mass is 463 g/mol. The maximum Gasteiger partial charge on any atom is 0.153 e. The van der Waals surface area contributed by atoms with Crippen molar-refractivity contribution >= 4 is 44.6 Å². The Morgan fingerprint density at radius 3 is 2.94 bits per heavy atom. The van der Waals surface area contributed by atoms with Crippen LogP contribution in [0.3, 0.4) is 0 Å². The number of aliphatic imine (C=N–C) groups is 1. The van der Waals surface area contributed by atoms with Crippen molar-refractivity contribution in [1.29, 1.82) is 0 Å². The Bertz CT molecular complexity index is 1250. The van der Waals surface area contributed by atoms with Gasteiger partial charge in [-0.25, -0.2) is 19.3 Å². The second-order valence-electron chi connectivity index (χ2n) is 7.37. The van der Waals surface area contributed by atoms with Gasteiger partial charge in [0.05, 0.1) is 33.1 Å². The van der Waals surface area contributed by atoms with E-state index in [4.69, 9.17) is 4.98 Å². The van der Waals surface area contributed by atoms with Gasteiger partial charge in [-0.2, -0.15) is 0 Å². The number of fused-ring (bicyclic) bond motifs is 2. The summed E-state index contributed by atoms with van der Waals surface area (Å²) in [6, 6.07) is 10.1. The summed E-state index contributed by atoms with van der Waals surface area (Å²) in [5, 5.41) is 7.79. The smallest absolute Gasteiger partial charge is 0.153 e. The van der Waals surface area contributed by atoms with Gasteiger partial charge in [0, 0.05) is 44.5 Å². The topological polar surface area (TPSA) is 90.9 Å². The first-order valence-corrected chi connectivity index (χ1v) is 11.6. The van der Waals surface area contributed by atoms with Crippen molar-refractivity contribution in [3.8, 4) is 0 Å². The summed E-state index contributed by atoms with van der Waals surface area (Å²) in [7, 11) is 0. The second kappa shape index (κ2) is 11.4. The number of nitrogens with zero attached hydrogens (tertiary/aromatic N) is 4. The number of halogens is 1. The van der Waals surface area contributed by atoms with Crippen molar-refractivity contribution < 1.29 is 4.39 Å². The first kappa shape index (κ1) is 22.8. The highest BCUT2D eigenvalue weighted by molar-refractivity contribution is 7.18. The molecular weight excluding hydrogens is 437 g/mol. The molecule has 1 aromatic carbocycles. The lowest BCUT2D eigenvalue weighted by Gasteiger charge is -2.02. The van der Waals surface area contributed by atoms with E-state index in [0.717, 1.165) is 63.8 Å². The lowest BCUT2D eigenvalue weighted by Crippen LogP contribution is -2.20. The number of hydrogen-bond acceptors (Lipinski definition) is 7. The molecule has 0 unspecified atom stereocenters. The highest BCUT2D eigenvalue weighted by Gasteiger charge is 2.09. The fraction of sp³-hybridized carbons (Fsp3) is 0.250. The molecule has 0 saturated heterocycles. The number of rotatable bonds is 11. The minimum atomic E-state index is -0.254. The van der Waals surface area contributed by atoms with Gasteiger partial charge >= 0.3 is 0 Å². The molecule has 7 nitrogen and oxygen atoms in total. The Hall–Kier alpha value is -3.43. The van der Waals surface area contributed by atoms with E-state index >= 15 is 0 Å². The molecule has 0 aliphatic carbocycles. The largest absolute Gasteiger partial charge is 0.363 e. The van der Waals surface area contributed by atoms with Crippen molar-refractivity contribution in [2.75, 3.05) is 25.0 Å². The highest BCUT2D eigenvalue weighted by atomic mass is 32.1. The average Bonchev–Trinajstić information content (AvgIpc) is 3.41. The summed E-state index contributed by atoms with van der Waals surface area (Å²) in [6.45, 7) is 3.60. The predicted molar refractivity (Wildman–Crippen MR) is 135 cm³/mol. The molecule has 3 aromatic heterocycles. The van der Waals surface area contributed by atoms with E-state index in [1.807, 2.05) is 30.3 Å². The third-order valence-electron chi connectivity index (χ3n) is 4.81. The average molecular weight is 464 g/mol. The Labute approximate surface area is 195 Å². The zero-order valence-corrected chi connectivity index (χ0v) is 19.2. The van der Waals surface area contributed by atoms with E-state index in [2.05, 4.69) is 30.6 Å². The van der Waals surface area contributed by atoms with Gasteiger partial charge < -0.3 is 15.6 Å². The standard InChI is InChI=1S/C24H26FN7S/c1-17(25)5-4-11-26-15-16-29-24-23-20(8-14-28-24)33-22(32-23)10-13-27-12-9-21-30-18-6-2-3-7-19(18)31-21/h2-8,11,14-15,27H,9-10,12-13,16H2,1H3,(H,28,29)(H,30,31)/b11-4-,17-5+,26-15+. The van der Waals surface area contributed by atoms with E-state index < -0.39 is 0 Å². The lowest BCUT2D eigenvalue weighted by atomic mass is 10.3. The molecule has 3 N–H and O–H groups in total. The maximum absolute atomic E-state index is 12.6. The van der Waals surface area contributed by atoms with E-state index in [-0.39, 0.29) is 5.83 Å². The third kappa shape index (κ3) is 6.53. The van der Waals surface area contributed by atoms with Crippen LogP contribution >= 0.6 is 11.3 Å². The van der Waals surface area contributed by atoms with E-state index in [9.17, 15) is 4.39 Å². The highest BCUT2D eigenvalue weighted by Crippen LogP contribution is 2.26. The normalized spacial score (nSPS) is 12.6. The first-order chi connectivity index (χ1) is 16.2. The van der Waals surface area contributed by atoms with E-state index in [0.29, 0.717) is 6.54 Å². The van der Waals surface area contributed by atoms with Crippen LogP contribution in [0.1, 0.15) is 17.8 Å². The zero-order chi connectivity index (χ0) is 22.9. The number of H-pyrrole nitrogens is 1. The van der Waals surface area contributed by atoms with Crippen LogP contribution in [0.4, 0.5) is 10.2 Å². The Morgan fingerprint density at radius 2 is 2.06 bits per heavy atom. The predicted octanol–water partition coefficient (Wildman–Crippen LogP) is 4.81. The molecule has 0 aliphatic rings. The number of nitrogens with one attached hydrogen (secondary N) is 3. The van der Waals surface area contributed by atoms with Crippen LogP contribution in [0.15, 0.2) is 65.7 Å². The van der Waals surface area contributed by atoms with Crippen LogP contribution < -0.4 is 10.6 Å². The van der Waals surface area contributed by atoms with Gasteiger partial charge in [0.2, 0.25) is 0 Å². The van der Waals surface area contributed by atoms with Gasteiger partial charge in [-0.3, -0.25) is 4.99 Å². The summed E-state index contributed by atoms with van der Waals surface area (Å²) >= 11 is 1.69. The molecule has 4 aromatic rings. The molecule has 33 heavy (non-hydrogen) atoms. The first-order valence-electron chi connectivity index (χ1n) is 10.8. The number of hydrogen-bond donors (Lipinski definition) is 3. The molecule has 0 fully saturated rings. The third-order valence-corrected chi connectivity index (χ3v) is 5.89. The summed E-state index contributed by atoms with van der Waals surface area (Å²) in [5.74, 6) is 1.48. The number of allylic oxidation sites excluding steroid dienone is 3. The molecule has 9 heteroatoms. The van der Waals surface area contributed by atoms with Gasteiger partial charge in [-0.15, -0.1) is 11.3 Å². The van der Waals surface area contributed by atoms with Gasteiger partial charge in [-0.05, 0) is 37.3 Å². The summed E-state index contributed by atoms with van der Waals surface area (Å²) in [4.78, 5) is 21.2. The molecule has 4 rings (SSSR count). The molecule has 0 aliphatic heterocycles. The van der Waals surface area contributed by atoms with Gasteiger partial charge in [0.15, 0.2) is 5.82 Å². The maximum atomic E-state index is 12.6. The van der Waals surface area contributed by atoms with Gasteiger partial charge in [0.25, 0.3) is 0 Å². The van der Waals surface area contributed by atoms with Crippen LogP contribution in [0, 0.1) is 0 Å². The van der Waals surface area contributed by atoms with Crippen molar-refractivity contribution in [3.63, 3.8) is 0 Å². The Morgan fingerprint density at radius 1 is 1.18 bits per heavy atom. The van der Waals surface area contributed by atoms with Gasteiger partial charge in [-0.1, -0.05) is 12.1 Å². The minimum absolute atomic E-state index is 0.254. The van der Waals surface area contributed by atoms with E-state index in [1.54, 1.807) is 36.0 Å². The number of aromatic nitrogens is 4. The number of imidazole rings is 1. The van der Waals surface area contributed by atoms with Crippen molar-refractivity contribution in [3.05, 3.63) is 71.5 Å². The minimum Gasteiger partial charge on any atom is -0.363 e. The lowest BCUT2D eigenvalue weighted by molar-refractivity contribution is 0.640. The molecular formula is C24H26FN7S. The summed E-state index contributed by atoms with van der Waals surface area (Å²) in [5.41, 5.74) is 2.96. The van der Waals surface area contributed by atoms with E-state index in [1.165, 1.54) is 13.0 Å². The van der Waals surface area contributed by atoms with Crippen LogP contribution in [-0.2, 0) is 12.8 Å². The summed E-state index contributed by atoms with van der Waals surface area (Å²) < 4.78 is 13.7. The number of benzene rings is 1. The fourth-order valence-corrected chi connectivity index (χ4v) is 4.23. The quantitative estimate of drug-likeness (QED) is 0.169. The van der Waals surface area contributed by atoms with Crippen molar-refractivity contribution in [2.45, 2.75) is 19.8 Å². The number of anilines is 1. The Balaban J connectivity index is 1.24. The second-order valence-corrected chi connectivity index (χ2v) is 8.49. The van der Waals surface area contributed by atoms with Crippen LogP contribution in [0.5, 0.6) is 0 Å². The molecule has 170 valence electrons.